The van der Waals surface area contributed by atoms with Gasteiger partial charge in [-0.05, 0) is 24.3 Å². The van der Waals surface area contributed by atoms with Gasteiger partial charge in [0.2, 0.25) is 0 Å². The highest BCUT2D eigenvalue weighted by Crippen LogP contribution is 2.31. The SMILES string of the molecule is FC(F)(F)c1ccc(-c2cc(Nc3nnn4ccccc34)ncn2)cc1. The number of benzene rings is 1. The van der Waals surface area contributed by atoms with Gasteiger partial charge in [0, 0.05) is 17.8 Å². The van der Waals surface area contributed by atoms with Gasteiger partial charge in [-0.15, -0.1) is 5.10 Å². The summed E-state index contributed by atoms with van der Waals surface area (Å²) in [5.74, 6) is 0.976. The van der Waals surface area contributed by atoms with Gasteiger partial charge < -0.3 is 5.32 Å². The first-order valence-electron chi connectivity index (χ1n) is 7.57. The zero-order valence-electron chi connectivity index (χ0n) is 13.1. The van der Waals surface area contributed by atoms with E-state index in [9.17, 15) is 13.2 Å². The summed E-state index contributed by atoms with van der Waals surface area (Å²) in [4.78, 5) is 8.24. The van der Waals surface area contributed by atoms with Gasteiger partial charge in [0.15, 0.2) is 5.82 Å². The van der Waals surface area contributed by atoms with Gasteiger partial charge in [-0.25, -0.2) is 14.5 Å². The molecule has 1 aromatic carbocycles. The van der Waals surface area contributed by atoms with Gasteiger partial charge in [-0.1, -0.05) is 23.4 Å². The van der Waals surface area contributed by atoms with Crippen LogP contribution in [-0.4, -0.2) is 24.8 Å². The number of hydrogen-bond donors (Lipinski definition) is 1. The summed E-state index contributed by atoms with van der Waals surface area (Å²) in [6, 6.07) is 12.0. The third-order valence-corrected chi connectivity index (χ3v) is 3.74. The van der Waals surface area contributed by atoms with E-state index in [1.807, 2.05) is 18.2 Å². The third-order valence-electron chi connectivity index (χ3n) is 3.74. The quantitative estimate of drug-likeness (QED) is 0.602. The van der Waals surface area contributed by atoms with Crippen molar-refractivity contribution in [3.63, 3.8) is 0 Å². The van der Waals surface area contributed by atoms with Crippen molar-refractivity contribution in [1.29, 1.82) is 0 Å². The largest absolute Gasteiger partial charge is 0.416 e. The lowest BCUT2D eigenvalue weighted by atomic mass is 10.1. The number of fused-ring (bicyclic) bond motifs is 1. The molecule has 0 unspecified atom stereocenters. The molecule has 0 saturated heterocycles. The molecule has 4 rings (SSSR count). The first kappa shape index (κ1) is 16.0. The molecular weight excluding hydrogens is 345 g/mol. The van der Waals surface area contributed by atoms with Crippen molar-refractivity contribution < 1.29 is 13.2 Å². The Morgan fingerprint density at radius 3 is 2.54 bits per heavy atom. The van der Waals surface area contributed by atoms with Gasteiger partial charge in [0.1, 0.15) is 17.7 Å². The summed E-state index contributed by atoms with van der Waals surface area (Å²) in [7, 11) is 0. The van der Waals surface area contributed by atoms with Gasteiger partial charge in [0.25, 0.3) is 0 Å². The predicted molar refractivity (Wildman–Crippen MR) is 88.7 cm³/mol. The van der Waals surface area contributed by atoms with E-state index < -0.39 is 11.7 Å². The maximum Gasteiger partial charge on any atom is 0.416 e. The molecule has 9 heteroatoms. The molecule has 0 bridgehead atoms. The number of halogens is 3. The van der Waals surface area contributed by atoms with Crippen LogP contribution in [0.15, 0.2) is 61.1 Å². The molecule has 0 spiro atoms. The molecule has 3 aromatic heterocycles. The zero-order chi connectivity index (χ0) is 18.1. The molecule has 0 aliphatic rings. The number of aromatic nitrogens is 5. The molecule has 0 radical (unpaired) electrons. The minimum absolute atomic E-state index is 0.459. The average molecular weight is 356 g/mol. The maximum atomic E-state index is 12.7. The lowest BCUT2D eigenvalue weighted by Gasteiger charge is -2.08. The van der Waals surface area contributed by atoms with Crippen molar-refractivity contribution in [3.8, 4) is 11.3 Å². The molecule has 0 atom stereocenters. The summed E-state index contributed by atoms with van der Waals surface area (Å²) < 4.78 is 39.6. The van der Waals surface area contributed by atoms with Gasteiger partial charge in [0.05, 0.1) is 11.3 Å². The normalized spacial score (nSPS) is 11.7. The number of nitrogens with zero attached hydrogens (tertiary/aromatic N) is 5. The number of pyridine rings is 1. The van der Waals surface area contributed by atoms with E-state index in [0.717, 1.165) is 17.6 Å². The van der Waals surface area contributed by atoms with E-state index >= 15 is 0 Å². The van der Waals surface area contributed by atoms with E-state index in [2.05, 4.69) is 25.6 Å². The Morgan fingerprint density at radius 2 is 1.77 bits per heavy atom. The molecule has 130 valence electrons. The smallest absolute Gasteiger partial charge is 0.321 e. The molecule has 0 aliphatic carbocycles. The fraction of sp³-hybridized carbons (Fsp3) is 0.0588. The van der Waals surface area contributed by atoms with Crippen molar-refractivity contribution in [2.24, 2.45) is 0 Å². The fourth-order valence-corrected chi connectivity index (χ4v) is 2.47. The van der Waals surface area contributed by atoms with Crippen molar-refractivity contribution in [2.75, 3.05) is 5.32 Å². The molecular formula is C17H11F3N6. The average Bonchev–Trinajstić information content (AvgIpc) is 3.04. The highest BCUT2D eigenvalue weighted by molar-refractivity contribution is 5.73. The van der Waals surface area contributed by atoms with Crippen LogP contribution < -0.4 is 5.32 Å². The molecule has 0 amide bonds. The topological polar surface area (TPSA) is 68.0 Å². The molecule has 4 aromatic rings. The van der Waals surface area contributed by atoms with E-state index in [1.165, 1.54) is 18.5 Å². The van der Waals surface area contributed by atoms with Crippen LogP contribution in [0, 0.1) is 0 Å². The maximum absolute atomic E-state index is 12.7. The molecule has 0 fully saturated rings. The Balaban J connectivity index is 1.62. The van der Waals surface area contributed by atoms with Crippen LogP contribution in [0.1, 0.15) is 5.56 Å². The Morgan fingerprint density at radius 1 is 0.962 bits per heavy atom. The van der Waals surface area contributed by atoms with E-state index in [4.69, 9.17) is 0 Å². The van der Waals surface area contributed by atoms with Crippen LogP contribution in [0.4, 0.5) is 24.8 Å². The number of rotatable bonds is 3. The number of nitrogens with one attached hydrogen (secondary N) is 1. The Bertz CT molecular complexity index is 1060. The second kappa shape index (κ2) is 6.10. The zero-order valence-corrected chi connectivity index (χ0v) is 13.1. The summed E-state index contributed by atoms with van der Waals surface area (Å²) >= 11 is 0. The molecule has 3 heterocycles. The van der Waals surface area contributed by atoms with Crippen molar-refractivity contribution >= 4 is 17.2 Å². The third kappa shape index (κ3) is 3.06. The van der Waals surface area contributed by atoms with Crippen LogP contribution in [0.5, 0.6) is 0 Å². The van der Waals surface area contributed by atoms with Crippen LogP contribution in [-0.2, 0) is 6.18 Å². The second-order valence-electron chi connectivity index (χ2n) is 5.46. The van der Waals surface area contributed by atoms with Gasteiger partial charge in [-0.3, -0.25) is 0 Å². The van der Waals surface area contributed by atoms with Gasteiger partial charge in [-0.2, -0.15) is 13.2 Å². The van der Waals surface area contributed by atoms with Crippen molar-refractivity contribution in [1.82, 2.24) is 24.8 Å². The summed E-state index contributed by atoms with van der Waals surface area (Å²) in [5, 5.41) is 11.1. The highest BCUT2D eigenvalue weighted by Gasteiger charge is 2.30. The summed E-state index contributed by atoms with van der Waals surface area (Å²) in [6.45, 7) is 0. The van der Waals surface area contributed by atoms with Crippen molar-refractivity contribution in [3.05, 3.63) is 66.6 Å². The first-order chi connectivity index (χ1) is 12.5. The van der Waals surface area contributed by atoms with Crippen LogP contribution in [0.2, 0.25) is 0 Å². The predicted octanol–water partition coefficient (Wildman–Crippen LogP) is 3.95. The first-order valence-corrected chi connectivity index (χ1v) is 7.57. The Kier molecular flexibility index (Phi) is 3.76. The Hall–Kier alpha value is -3.49. The molecule has 6 nitrogen and oxygen atoms in total. The van der Waals surface area contributed by atoms with Crippen molar-refractivity contribution in [2.45, 2.75) is 6.18 Å². The van der Waals surface area contributed by atoms with Crippen LogP contribution in [0.3, 0.4) is 0 Å². The highest BCUT2D eigenvalue weighted by atomic mass is 19.4. The monoisotopic (exact) mass is 356 g/mol. The Labute approximate surface area is 145 Å². The van der Waals surface area contributed by atoms with Gasteiger partial charge >= 0.3 is 6.18 Å². The number of alkyl halides is 3. The fourth-order valence-electron chi connectivity index (χ4n) is 2.47. The molecule has 1 N–H and O–H groups in total. The summed E-state index contributed by atoms with van der Waals surface area (Å²) in [6.07, 6.45) is -1.27. The number of hydrogen-bond acceptors (Lipinski definition) is 5. The van der Waals surface area contributed by atoms with E-state index in [-0.39, 0.29) is 0 Å². The standard InChI is InChI=1S/C17H11F3N6/c18-17(19,20)12-6-4-11(5-7-12)13-9-15(22-10-21-13)23-16-14-3-1-2-8-26(14)25-24-16/h1-10H,(H,21,22,23). The van der Waals surface area contributed by atoms with E-state index in [1.54, 1.807) is 16.8 Å². The summed E-state index contributed by atoms with van der Waals surface area (Å²) in [5.41, 5.74) is 1.11. The van der Waals surface area contributed by atoms with Crippen LogP contribution >= 0.6 is 0 Å². The minimum atomic E-state index is -4.37. The minimum Gasteiger partial charge on any atom is -0.321 e. The second-order valence-corrected chi connectivity index (χ2v) is 5.46. The van der Waals surface area contributed by atoms with E-state index in [0.29, 0.717) is 22.9 Å². The lowest BCUT2D eigenvalue weighted by molar-refractivity contribution is -0.137. The molecule has 0 saturated carbocycles. The number of anilines is 2. The molecule has 0 aliphatic heterocycles. The lowest BCUT2D eigenvalue weighted by Crippen LogP contribution is -2.04. The van der Waals surface area contributed by atoms with Crippen LogP contribution in [0.25, 0.3) is 16.8 Å². The molecule has 26 heavy (non-hydrogen) atoms.